The summed E-state index contributed by atoms with van der Waals surface area (Å²) in [6.45, 7) is 1.81. The predicted octanol–water partition coefficient (Wildman–Crippen LogP) is 1.86. The average Bonchev–Trinajstić information content (AvgIpc) is 3.39. The smallest absolute Gasteiger partial charge is 0.235 e. The number of benzene rings is 1. The summed E-state index contributed by atoms with van der Waals surface area (Å²) < 4.78 is 26.8. The third kappa shape index (κ3) is 4.67. The van der Waals surface area contributed by atoms with Gasteiger partial charge in [0.2, 0.25) is 11.1 Å². The van der Waals surface area contributed by atoms with E-state index in [-0.39, 0.29) is 29.2 Å². The van der Waals surface area contributed by atoms with Crippen LogP contribution in [-0.2, 0) is 14.6 Å². The summed E-state index contributed by atoms with van der Waals surface area (Å²) in [7, 11) is -3.04. The largest absolute Gasteiger partial charge is 0.310 e. The van der Waals surface area contributed by atoms with Crippen LogP contribution < -0.4 is 5.32 Å². The van der Waals surface area contributed by atoms with Crippen LogP contribution in [0.1, 0.15) is 18.2 Å². The van der Waals surface area contributed by atoms with Crippen molar-refractivity contribution in [3.8, 4) is 5.69 Å². The molecule has 11 heteroatoms. The van der Waals surface area contributed by atoms with E-state index in [0.717, 1.165) is 11.4 Å². The minimum Gasteiger partial charge on any atom is -0.310 e. The maximum Gasteiger partial charge on any atom is 0.235 e. The number of nitrogens with zero attached hydrogens (tertiary/aromatic N) is 5. The molecule has 1 unspecified atom stereocenters. The van der Waals surface area contributed by atoms with E-state index in [1.54, 1.807) is 21.8 Å². The number of carbonyl (C=O) groups is 1. The predicted molar refractivity (Wildman–Crippen MR) is 110 cm³/mol. The summed E-state index contributed by atoms with van der Waals surface area (Å²) in [5, 5.41) is 12.1. The van der Waals surface area contributed by atoms with E-state index in [4.69, 9.17) is 0 Å². The van der Waals surface area contributed by atoms with Gasteiger partial charge in [0.1, 0.15) is 12.1 Å². The number of nitrogens with one attached hydrogen (secondary N) is 1. The van der Waals surface area contributed by atoms with Crippen molar-refractivity contribution in [3.05, 3.63) is 48.4 Å². The van der Waals surface area contributed by atoms with Gasteiger partial charge in [-0.3, -0.25) is 4.79 Å². The van der Waals surface area contributed by atoms with Gasteiger partial charge in [-0.05, 0) is 25.5 Å². The molecule has 2 aromatic heterocycles. The van der Waals surface area contributed by atoms with E-state index in [1.165, 1.54) is 11.8 Å². The first kappa shape index (κ1) is 19.6. The first-order valence-corrected chi connectivity index (χ1v) is 11.9. The van der Waals surface area contributed by atoms with E-state index < -0.39 is 9.84 Å². The Bertz CT molecular complexity index is 1120. The Kier molecular flexibility index (Phi) is 5.41. The SMILES string of the molecule is Cc1cc(NC(=O)CSc2ncn(-c3ccccc3)n2)n(C2CCS(=O)(=O)C2)n1. The third-order valence-corrected chi connectivity index (χ3v) is 7.11. The Labute approximate surface area is 172 Å². The van der Waals surface area contributed by atoms with Crippen molar-refractivity contribution in [2.75, 3.05) is 22.6 Å². The number of aryl methyl sites for hydroxylation is 1. The van der Waals surface area contributed by atoms with Gasteiger partial charge >= 0.3 is 0 Å². The van der Waals surface area contributed by atoms with Crippen molar-refractivity contribution in [3.63, 3.8) is 0 Å². The van der Waals surface area contributed by atoms with Crippen molar-refractivity contribution in [2.45, 2.75) is 24.5 Å². The highest BCUT2D eigenvalue weighted by Crippen LogP contribution is 2.27. The second-order valence-electron chi connectivity index (χ2n) is 6.82. The zero-order valence-corrected chi connectivity index (χ0v) is 17.4. The van der Waals surface area contributed by atoms with Crippen molar-refractivity contribution < 1.29 is 13.2 Å². The van der Waals surface area contributed by atoms with Crippen LogP contribution >= 0.6 is 11.8 Å². The number of sulfone groups is 1. The molecule has 29 heavy (non-hydrogen) atoms. The average molecular weight is 433 g/mol. The van der Waals surface area contributed by atoms with Crippen molar-refractivity contribution in [2.24, 2.45) is 0 Å². The summed E-state index contributed by atoms with van der Waals surface area (Å²) in [4.78, 5) is 16.6. The lowest BCUT2D eigenvalue weighted by molar-refractivity contribution is -0.113. The Morgan fingerprint density at radius 2 is 2.07 bits per heavy atom. The first-order valence-electron chi connectivity index (χ1n) is 9.06. The fourth-order valence-electron chi connectivity index (χ4n) is 3.18. The number of para-hydroxylation sites is 1. The van der Waals surface area contributed by atoms with E-state index in [1.807, 2.05) is 37.3 Å². The maximum atomic E-state index is 12.4. The minimum absolute atomic E-state index is 0.0482. The second kappa shape index (κ2) is 7.99. The number of anilines is 1. The summed E-state index contributed by atoms with van der Waals surface area (Å²) >= 11 is 1.23. The standard InChI is InChI=1S/C18H20N6O3S2/c1-13-9-16(24(21-13)15-7-8-29(26,27)11-15)20-17(25)10-28-18-19-12-23(22-18)14-5-3-2-4-6-14/h2-6,9,12,15H,7-8,10-11H2,1H3,(H,20,25). The zero-order valence-electron chi connectivity index (χ0n) is 15.7. The van der Waals surface area contributed by atoms with E-state index in [2.05, 4.69) is 20.5 Å². The van der Waals surface area contributed by atoms with Gasteiger partial charge in [0, 0.05) is 6.07 Å². The van der Waals surface area contributed by atoms with Crippen LogP contribution in [-0.4, -0.2) is 56.1 Å². The lowest BCUT2D eigenvalue weighted by atomic mass is 10.3. The molecule has 9 nitrogen and oxygen atoms in total. The molecule has 3 aromatic rings. The van der Waals surface area contributed by atoms with Crippen molar-refractivity contribution >= 4 is 33.3 Å². The van der Waals surface area contributed by atoms with Crippen LogP contribution in [0.25, 0.3) is 5.69 Å². The van der Waals surface area contributed by atoms with Gasteiger partial charge in [-0.1, -0.05) is 30.0 Å². The number of hydrogen-bond acceptors (Lipinski definition) is 7. The summed E-state index contributed by atoms with van der Waals surface area (Å²) in [6.07, 6.45) is 2.11. The molecule has 1 aliphatic rings. The highest BCUT2D eigenvalue weighted by atomic mass is 32.2. The van der Waals surface area contributed by atoms with Crippen molar-refractivity contribution in [1.29, 1.82) is 0 Å². The Hall–Kier alpha value is -2.66. The van der Waals surface area contributed by atoms with Gasteiger partial charge in [-0.25, -0.2) is 22.8 Å². The van der Waals surface area contributed by atoms with Gasteiger partial charge in [-0.15, -0.1) is 5.10 Å². The number of carbonyl (C=O) groups excluding carboxylic acids is 1. The molecule has 1 N–H and O–H groups in total. The lowest BCUT2D eigenvalue weighted by Gasteiger charge is -2.13. The lowest BCUT2D eigenvalue weighted by Crippen LogP contribution is -2.20. The van der Waals surface area contributed by atoms with Crippen LogP contribution in [0.15, 0.2) is 47.9 Å². The third-order valence-electron chi connectivity index (χ3n) is 4.50. The Balaban J connectivity index is 1.38. The highest BCUT2D eigenvalue weighted by molar-refractivity contribution is 7.99. The molecule has 0 spiro atoms. The molecule has 4 rings (SSSR count). The molecule has 1 saturated heterocycles. The number of thioether (sulfide) groups is 1. The molecule has 1 fully saturated rings. The summed E-state index contributed by atoms with van der Waals surface area (Å²) in [6, 6.07) is 11.1. The molecule has 3 heterocycles. The van der Waals surface area contributed by atoms with Crippen LogP contribution in [0.5, 0.6) is 0 Å². The molecule has 1 amide bonds. The highest BCUT2D eigenvalue weighted by Gasteiger charge is 2.31. The van der Waals surface area contributed by atoms with Crippen LogP contribution in [0, 0.1) is 6.92 Å². The van der Waals surface area contributed by atoms with E-state index in [9.17, 15) is 13.2 Å². The number of amides is 1. The zero-order chi connectivity index (χ0) is 20.4. The molecule has 0 radical (unpaired) electrons. The first-order chi connectivity index (χ1) is 13.9. The molecular weight excluding hydrogens is 412 g/mol. The van der Waals surface area contributed by atoms with Crippen LogP contribution in [0.4, 0.5) is 5.82 Å². The van der Waals surface area contributed by atoms with Crippen molar-refractivity contribution in [1.82, 2.24) is 24.5 Å². The maximum absolute atomic E-state index is 12.4. The van der Waals surface area contributed by atoms with Crippen LogP contribution in [0.2, 0.25) is 0 Å². The molecular formula is C18H20N6O3S2. The fraction of sp³-hybridized carbons (Fsp3) is 0.333. The molecule has 0 aliphatic carbocycles. The van der Waals surface area contributed by atoms with E-state index >= 15 is 0 Å². The van der Waals surface area contributed by atoms with Gasteiger partial charge in [-0.2, -0.15) is 5.10 Å². The number of hydrogen-bond donors (Lipinski definition) is 1. The minimum atomic E-state index is -3.04. The number of rotatable bonds is 6. The Morgan fingerprint density at radius 1 is 1.28 bits per heavy atom. The van der Waals surface area contributed by atoms with E-state index in [0.29, 0.717) is 17.4 Å². The molecule has 1 atom stereocenters. The second-order valence-corrected chi connectivity index (χ2v) is 9.99. The molecule has 0 saturated carbocycles. The van der Waals surface area contributed by atoms with Gasteiger partial charge in [0.05, 0.1) is 34.7 Å². The molecule has 152 valence electrons. The summed E-state index contributed by atoms with van der Waals surface area (Å²) in [5.41, 5.74) is 1.61. The van der Waals surface area contributed by atoms with Gasteiger partial charge in [0.25, 0.3) is 0 Å². The molecule has 1 aliphatic heterocycles. The fourth-order valence-corrected chi connectivity index (χ4v) is 5.48. The summed E-state index contributed by atoms with van der Waals surface area (Å²) in [5.74, 6) is 0.611. The topological polar surface area (TPSA) is 112 Å². The monoisotopic (exact) mass is 432 g/mol. The number of aromatic nitrogens is 5. The molecule has 0 bridgehead atoms. The van der Waals surface area contributed by atoms with Crippen LogP contribution in [0.3, 0.4) is 0 Å². The van der Waals surface area contributed by atoms with Gasteiger partial charge < -0.3 is 5.32 Å². The quantitative estimate of drug-likeness (QED) is 0.592. The Morgan fingerprint density at radius 3 is 2.79 bits per heavy atom. The molecule has 1 aromatic carbocycles. The normalized spacial score (nSPS) is 18.0. The van der Waals surface area contributed by atoms with Gasteiger partial charge in [0.15, 0.2) is 9.84 Å².